The Bertz CT molecular complexity index is 802. The molecule has 0 aromatic heterocycles. The number of hydrogen-bond donors (Lipinski definition) is 1. The number of fused-ring (bicyclic) bond motifs is 1. The van der Waals surface area contributed by atoms with Crippen molar-refractivity contribution in [2.75, 3.05) is 19.8 Å². The Kier molecular flexibility index (Phi) is 4.39. The maximum Gasteiger partial charge on any atom is 0.293 e. The molecule has 7 heteroatoms. The van der Waals surface area contributed by atoms with E-state index in [1.54, 1.807) is 13.8 Å². The molecule has 0 amide bonds. The van der Waals surface area contributed by atoms with Crippen molar-refractivity contribution in [2.24, 2.45) is 21.6 Å². The molecule has 1 aliphatic heterocycles. The van der Waals surface area contributed by atoms with Gasteiger partial charge in [0.1, 0.15) is 17.0 Å². The van der Waals surface area contributed by atoms with Crippen LogP contribution in [0.4, 0.5) is 0 Å². The molecule has 0 saturated heterocycles. The number of ether oxygens (including phenoxy) is 3. The Hall–Kier alpha value is -2.61. The van der Waals surface area contributed by atoms with E-state index in [0.717, 1.165) is 11.3 Å². The molecular formula is C19H22N4O3. The van der Waals surface area contributed by atoms with E-state index < -0.39 is 22.7 Å². The Labute approximate surface area is 153 Å². The van der Waals surface area contributed by atoms with Gasteiger partial charge in [-0.1, -0.05) is 12.1 Å². The second-order valence-electron chi connectivity index (χ2n) is 6.22. The van der Waals surface area contributed by atoms with E-state index >= 15 is 0 Å². The lowest BCUT2D eigenvalue weighted by Crippen LogP contribution is -2.43. The lowest BCUT2D eigenvalue weighted by atomic mass is 9.93. The minimum absolute atomic E-state index is 0.0855. The van der Waals surface area contributed by atoms with Crippen molar-refractivity contribution in [3.8, 4) is 17.9 Å². The summed E-state index contributed by atoms with van der Waals surface area (Å²) in [6.07, 6.45) is 0. The second-order valence-corrected chi connectivity index (χ2v) is 6.22. The van der Waals surface area contributed by atoms with E-state index in [4.69, 9.17) is 19.9 Å². The molecular weight excluding hydrogens is 332 g/mol. The molecule has 26 heavy (non-hydrogen) atoms. The molecule has 1 aromatic rings. The van der Waals surface area contributed by atoms with E-state index in [0.29, 0.717) is 6.61 Å². The van der Waals surface area contributed by atoms with Crippen molar-refractivity contribution in [2.45, 2.75) is 32.6 Å². The third-order valence-electron chi connectivity index (χ3n) is 5.13. The summed E-state index contributed by atoms with van der Waals surface area (Å²) >= 11 is 0. The van der Waals surface area contributed by atoms with Gasteiger partial charge in [0.2, 0.25) is 0 Å². The summed E-state index contributed by atoms with van der Waals surface area (Å²) in [6, 6.07) is 11.9. The number of aliphatic imine (C=N–C) groups is 1. The van der Waals surface area contributed by atoms with E-state index in [1.165, 1.54) is 0 Å². The van der Waals surface area contributed by atoms with Crippen molar-refractivity contribution in [3.05, 3.63) is 29.8 Å². The molecule has 0 radical (unpaired) electrons. The molecule has 136 valence electrons. The third kappa shape index (κ3) is 1.96. The fraction of sp³-hybridized carbons (Fsp3) is 0.526. The van der Waals surface area contributed by atoms with Crippen molar-refractivity contribution >= 4 is 5.84 Å². The highest BCUT2D eigenvalue weighted by Gasteiger charge is 2.93. The summed E-state index contributed by atoms with van der Waals surface area (Å²) in [7, 11) is 0. The SMILES string of the molecule is CCOc1ccc([C@@H]2[C@]3(C#N)C(N)=NC(OCC)(OCC)[C@]23C#N)cc1. The van der Waals surface area contributed by atoms with Crippen LogP contribution in [0.25, 0.3) is 0 Å². The predicted octanol–water partition coefficient (Wildman–Crippen LogP) is 2.30. The Balaban J connectivity index is 2.12. The molecule has 0 spiro atoms. The van der Waals surface area contributed by atoms with Crippen molar-refractivity contribution < 1.29 is 14.2 Å². The number of nitrogens with zero attached hydrogens (tertiary/aromatic N) is 3. The zero-order valence-corrected chi connectivity index (χ0v) is 15.2. The standard InChI is InChI=1S/C19H22N4O3/c1-4-24-14-9-7-13(8-10-14)15-17(11-20)16(22)23-19(25-5-2,26-6-3)18(15,17)12-21/h7-10,15H,4-6H2,1-3H3,(H2,22,23)/t15-,17-,18-/m1/s1. The molecule has 1 saturated carbocycles. The van der Waals surface area contributed by atoms with Gasteiger partial charge in [0, 0.05) is 19.1 Å². The fourth-order valence-corrected chi connectivity index (χ4v) is 4.17. The minimum Gasteiger partial charge on any atom is -0.494 e. The van der Waals surface area contributed by atoms with Gasteiger partial charge in [-0.05, 0) is 38.5 Å². The van der Waals surface area contributed by atoms with E-state index in [9.17, 15) is 10.5 Å². The van der Waals surface area contributed by atoms with E-state index in [-0.39, 0.29) is 19.0 Å². The van der Waals surface area contributed by atoms with Crippen LogP contribution >= 0.6 is 0 Å². The fourth-order valence-electron chi connectivity index (χ4n) is 4.17. The Morgan fingerprint density at radius 1 is 1.04 bits per heavy atom. The highest BCUT2D eigenvalue weighted by atomic mass is 16.7. The van der Waals surface area contributed by atoms with Gasteiger partial charge in [-0.25, -0.2) is 4.99 Å². The molecule has 1 heterocycles. The quantitative estimate of drug-likeness (QED) is 0.752. The molecule has 3 atom stereocenters. The first kappa shape index (κ1) is 18.2. The van der Waals surface area contributed by atoms with Crippen LogP contribution in [0.3, 0.4) is 0 Å². The van der Waals surface area contributed by atoms with Crippen LogP contribution in [-0.4, -0.2) is 31.6 Å². The van der Waals surface area contributed by atoms with Crippen LogP contribution < -0.4 is 10.5 Å². The van der Waals surface area contributed by atoms with Gasteiger partial charge in [-0.3, -0.25) is 0 Å². The summed E-state index contributed by atoms with van der Waals surface area (Å²) in [4.78, 5) is 4.32. The number of amidine groups is 1. The monoisotopic (exact) mass is 354 g/mol. The molecule has 1 fully saturated rings. The van der Waals surface area contributed by atoms with Crippen molar-refractivity contribution in [1.82, 2.24) is 0 Å². The van der Waals surface area contributed by atoms with Crippen LogP contribution in [0.2, 0.25) is 0 Å². The van der Waals surface area contributed by atoms with Gasteiger partial charge in [-0.2, -0.15) is 10.5 Å². The molecule has 7 nitrogen and oxygen atoms in total. The molecule has 2 N–H and O–H groups in total. The van der Waals surface area contributed by atoms with Crippen LogP contribution in [-0.2, 0) is 9.47 Å². The summed E-state index contributed by atoms with van der Waals surface area (Å²) in [6.45, 7) is 6.60. The molecule has 0 unspecified atom stereocenters. The maximum atomic E-state index is 10.1. The molecule has 0 bridgehead atoms. The summed E-state index contributed by atoms with van der Waals surface area (Å²) in [5, 5.41) is 20.1. The summed E-state index contributed by atoms with van der Waals surface area (Å²) in [5.41, 5.74) is 4.38. The molecule has 1 aliphatic carbocycles. The van der Waals surface area contributed by atoms with Crippen molar-refractivity contribution in [1.29, 1.82) is 10.5 Å². The van der Waals surface area contributed by atoms with Crippen molar-refractivity contribution in [3.63, 3.8) is 0 Å². The summed E-state index contributed by atoms with van der Waals surface area (Å²) < 4.78 is 17.1. The first-order valence-electron chi connectivity index (χ1n) is 8.72. The number of hydrogen-bond acceptors (Lipinski definition) is 7. The minimum atomic E-state index is -1.58. The molecule has 2 aliphatic rings. The maximum absolute atomic E-state index is 10.1. The summed E-state index contributed by atoms with van der Waals surface area (Å²) in [5.74, 6) is -1.26. The average Bonchev–Trinajstić information content (AvgIpc) is 3.22. The van der Waals surface area contributed by atoms with Gasteiger partial charge in [0.15, 0.2) is 5.41 Å². The van der Waals surface area contributed by atoms with E-state index in [1.807, 2.05) is 31.2 Å². The van der Waals surface area contributed by atoms with Crippen LogP contribution in [0.5, 0.6) is 5.75 Å². The van der Waals surface area contributed by atoms with E-state index in [2.05, 4.69) is 17.1 Å². The van der Waals surface area contributed by atoms with Gasteiger partial charge >= 0.3 is 0 Å². The van der Waals surface area contributed by atoms with Gasteiger partial charge < -0.3 is 19.9 Å². The van der Waals surface area contributed by atoms with Gasteiger partial charge in [0.05, 0.1) is 18.7 Å². The van der Waals surface area contributed by atoms with Gasteiger partial charge in [0.25, 0.3) is 5.91 Å². The lowest BCUT2D eigenvalue weighted by Gasteiger charge is -2.31. The zero-order chi connectivity index (χ0) is 19.0. The normalized spacial score (nSPS) is 30.7. The second kappa shape index (κ2) is 6.28. The molecule has 3 rings (SSSR count). The smallest absolute Gasteiger partial charge is 0.293 e. The lowest BCUT2D eigenvalue weighted by molar-refractivity contribution is -0.255. The van der Waals surface area contributed by atoms with Crippen LogP contribution in [0.15, 0.2) is 29.3 Å². The highest BCUT2D eigenvalue weighted by molar-refractivity contribution is 6.00. The highest BCUT2D eigenvalue weighted by Crippen LogP contribution is 2.81. The topological polar surface area (TPSA) is 114 Å². The Morgan fingerprint density at radius 3 is 2.12 bits per heavy atom. The molecule has 1 aromatic carbocycles. The number of benzene rings is 1. The van der Waals surface area contributed by atoms with Crippen LogP contribution in [0, 0.1) is 33.5 Å². The number of nitriles is 2. The zero-order valence-electron chi connectivity index (χ0n) is 15.2. The predicted molar refractivity (Wildman–Crippen MR) is 94.0 cm³/mol. The first-order valence-corrected chi connectivity index (χ1v) is 8.72. The first-order chi connectivity index (χ1) is 12.5. The van der Waals surface area contributed by atoms with Crippen LogP contribution in [0.1, 0.15) is 32.3 Å². The number of rotatable bonds is 7. The average molecular weight is 354 g/mol. The third-order valence-corrected chi connectivity index (χ3v) is 5.13. The van der Waals surface area contributed by atoms with Gasteiger partial charge in [-0.15, -0.1) is 0 Å². The largest absolute Gasteiger partial charge is 0.494 e. The number of nitrogens with two attached hydrogens (primary N) is 1. The Morgan fingerprint density at radius 2 is 1.65 bits per heavy atom.